The Hall–Kier alpha value is -2.30. The first-order chi connectivity index (χ1) is 12.7. The molecule has 0 bridgehead atoms. The van der Waals surface area contributed by atoms with Crippen molar-refractivity contribution in [1.29, 1.82) is 0 Å². The number of aliphatic carboxylic acids is 1. The van der Waals surface area contributed by atoms with Crippen LogP contribution in [0.25, 0.3) is 0 Å². The summed E-state index contributed by atoms with van der Waals surface area (Å²) in [6.45, 7) is 5.50. The van der Waals surface area contributed by atoms with Crippen LogP contribution in [-0.2, 0) is 24.0 Å². The highest BCUT2D eigenvalue weighted by Gasteiger charge is 2.21. The van der Waals surface area contributed by atoms with Crippen molar-refractivity contribution in [3.63, 3.8) is 0 Å². The lowest BCUT2D eigenvalue weighted by molar-refractivity contribution is -0.136. The number of carboxylic acid groups (broad SMARTS) is 1. The first-order valence-electron chi connectivity index (χ1n) is 8.42. The smallest absolute Gasteiger partial charge is 0.322 e. The molecule has 0 spiro atoms. The lowest BCUT2D eigenvalue weighted by atomic mass is 10.1. The summed E-state index contributed by atoms with van der Waals surface area (Å²) in [5.74, 6) is -1.17. The van der Waals surface area contributed by atoms with E-state index in [1.54, 1.807) is 25.6 Å². The van der Waals surface area contributed by atoms with Gasteiger partial charge in [0, 0.05) is 12.5 Å². The molecular formula is C16H30N4O6S. The third-order valence-corrected chi connectivity index (χ3v) is 3.55. The maximum absolute atomic E-state index is 12.0. The van der Waals surface area contributed by atoms with Gasteiger partial charge in [0.2, 0.25) is 24.1 Å². The molecule has 0 fully saturated rings. The summed E-state index contributed by atoms with van der Waals surface area (Å²) in [5, 5.41) is 17.6. The molecule has 0 rings (SSSR count). The van der Waals surface area contributed by atoms with Crippen molar-refractivity contribution >= 4 is 41.9 Å². The van der Waals surface area contributed by atoms with Gasteiger partial charge in [-0.05, 0) is 25.4 Å². The highest BCUT2D eigenvalue weighted by atomic mass is 32.2. The van der Waals surface area contributed by atoms with Crippen LogP contribution in [0.2, 0.25) is 0 Å². The van der Waals surface area contributed by atoms with E-state index in [9.17, 15) is 24.0 Å². The Morgan fingerprint density at radius 3 is 2.11 bits per heavy atom. The van der Waals surface area contributed by atoms with Gasteiger partial charge in [-0.25, -0.2) is 0 Å². The fourth-order valence-corrected chi connectivity index (χ4v) is 1.99. The summed E-state index contributed by atoms with van der Waals surface area (Å²) in [7, 11) is 0. The zero-order valence-electron chi connectivity index (χ0n) is 16.2. The minimum atomic E-state index is -1.04. The standard InChI is InChI=1S/C13H25N3O3S.C3H5NO3/c1-5-14-11(17)8-15-13(19)10(6-7-20-4)16-12(18)9(2)3;5-2-4-1-3(6)7/h9-10H,5-8H2,1-4H3,(H,14,17)(H,15,19)(H,16,18);2H,1H2,(H,4,5)(H,6,7). The number of carbonyl (C=O) groups is 5. The molecule has 5 N–H and O–H groups in total. The van der Waals surface area contributed by atoms with E-state index in [4.69, 9.17) is 5.11 Å². The minimum absolute atomic E-state index is 0.0695. The molecule has 0 aromatic carbocycles. The average molecular weight is 407 g/mol. The number of likely N-dealkylation sites (N-methyl/N-ethyl adjacent to an activating group) is 1. The molecule has 11 heteroatoms. The van der Waals surface area contributed by atoms with Crippen LogP contribution in [0, 0.1) is 5.92 Å². The van der Waals surface area contributed by atoms with E-state index in [-0.39, 0.29) is 36.7 Å². The van der Waals surface area contributed by atoms with Crippen LogP contribution in [0.5, 0.6) is 0 Å². The lowest BCUT2D eigenvalue weighted by Crippen LogP contribution is -2.50. The van der Waals surface area contributed by atoms with Crippen molar-refractivity contribution in [2.75, 3.05) is 31.6 Å². The molecule has 27 heavy (non-hydrogen) atoms. The summed E-state index contributed by atoms with van der Waals surface area (Å²) in [4.78, 5) is 53.9. The SMILES string of the molecule is CCNC(=O)CNC(=O)C(CCSC)NC(=O)C(C)C.O=CNCC(=O)O. The van der Waals surface area contributed by atoms with Gasteiger partial charge in [-0.3, -0.25) is 24.0 Å². The molecule has 10 nitrogen and oxygen atoms in total. The predicted octanol–water partition coefficient (Wildman–Crippen LogP) is -1.05. The van der Waals surface area contributed by atoms with Crippen molar-refractivity contribution in [3.8, 4) is 0 Å². The molecule has 4 amide bonds. The van der Waals surface area contributed by atoms with Gasteiger partial charge in [0.05, 0.1) is 6.54 Å². The number of rotatable bonds is 12. The van der Waals surface area contributed by atoms with Gasteiger partial charge in [0.1, 0.15) is 12.6 Å². The molecule has 0 heterocycles. The van der Waals surface area contributed by atoms with E-state index in [0.717, 1.165) is 5.75 Å². The number of carboxylic acids is 1. The topological polar surface area (TPSA) is 154 Å². The summed E-state index contributed by atoms with van der Waals surface area (Å²) < 4.78 is 0. The monoisotopic (exact) mass is 406 g/mol. The third-order valence-electron chi connectivity index (χ3n) is 2.90. The Morgan fingerprint density at radius 1 is 1.07 bits per heavy atom. The highest BCUT2D eigenvalue weighted by Crippen LogP contribution is 2.03. The van der Waals surface area contributed by atoms with Crippen LogP contribution >= 0.6 is 11.8 Å². The van der Waals surface area contributed by atoms with Gasteiger partial charge >= 0.3 is 5.97 Å². The van der Waals surface area contributed by atoms with Gasteiger partial charge in [-0.2, -0.15) is 11.8 Å². The van der Waals surface area contributed by atoms with Gasteiger partial charge in [-0.1, -0.05) is 13.8 Å². The molecule has 0 aromatic heterocycles. The van der Waals surface area contributed by atoms with Crippen LogP contribution in [-0.4, -0.2) is 72.9 Å². The van der Waals surface area contributed by atoms with E-state index in [0.29, 0.717) is 19.4 Å². The molecule has 0 radical (unpaired) electrons. The summed E-state index contributed by atoms with van der Waals surface area (Å²) in [5.41, 5.74) is 0. The number of thioether (sulfide) groups is 1. The van der Waals surface area contributed by atoms with Crippen LogP contribution < -0.4 is 21.3 Å². The average Bonchev–Trinajstić information content (AvgIpc) is 2.61. The van der Waals surface area contributed by atoms with E-state index < -0.39 is 12.0 Å². The molecular weight excluding hydrogens is 376 g/mol. The maximum atomic E-state index is 12.0. The number of amides is 4. The Labute approximate surface area is 163 Å². The zero-order chi connectivity index (χ0) is 21.2. The van der Waals surface area contributed by atoms with Gasteiger partial charge < -0.3 is 26.4 Å². The van der Waals surface area contributed by atoms with Gasteiger partial charge in [-0.15, -0.1) is 0 Å². The molecule has 156 valence electrons. The van der Waals surface area contributed by atoms with Gasteiger partial charge in [0.25, 0.3) is 0 Å². The van der Waals surface area contributed by atoms with Crippen molar-refractivity contribution in [1.82, 2.24) is 21.3 Å². The normalized spacial score (nSPS) is 10.7. The number of nitrogens with one attached hydrogen (secondary N) is 4. The lowest BCUT2D eigenvalue weighted by Gasteiger charge is -2.19. The highest BCUT2D eigenvalue weighted by molar-refractivity contribution is 7.98. The predicted molar refractivity (Wildman–Crippen MR) is 103 cm³/mol. The number of carbonyl (C=O) groups excluding carboxylic acids is 4. The number of hydrogen-bond donors (Lipinski definition) is 5. The molecule has 0 saturated heterocycles. The second-order valence-electron chi connectivity index (χ2n) is 5.56. The van der Waals surface area contributed by atoms with Crippen molar-refractivity contribution in [2.24, 2.45) is 5.92 Å². The van der Waals surface area contributed by atoms with Gasteiger partial charge in [0.15, 0.2) is 0 Å². The van der Waals surface area contributed by atoms with Crippen LogP contribution in [0.15, 0.2) is 0 Å². The van der Waals surface area contributed by atoms with Crippen molar-refractivity contribution < 1.29 is 29.1 Å². The molecule has 1 atom stereocenters. The molecule has 0 aliphatic rings. The molecule has 0 aliphatic heterocycles. The van der Waals surface area contributed by atoms with Crippen molar-refractivity contribution in [2.45, 2.75) is 33.2 Å². The Bertz CT molecular complexity index is 488. The zero-order valence-corrected chi connectivity index (χ0v) is 17.0. The maximum Gasteiger partial charge on any atom is 0.322 e. The number of hydrogen-bond acceptors (Lipinski definition) is 6. The van der Waals surface area contributed by atoms with E-state index in [2.05, 4.69) is 16.0 Å². The summed E-state index contributed by atoms with van der Waals surface area (Å²) in [6, 6.07) is -0.591. The second-order valence-corrected chi connectivity index (χ2v) is 6.55. The summed E-state index contributed by atoms with van der Waals surface area (Å²) in [6.07, 6.45) is 2.82. The molecule has 0 aliphatic carbocycles. The molecule has 1 unspecified atom stereocenters. The fourth-order valence-electron chi connectivity index (χ4n) is 1.52. The van der Waals surface area contributed by atoms with E-state index in [1.807, 2.05) is 18.5 Å². The second kappa shape index (κ2) is 17.1. The molecule has 0 saturated carbocycles. The largest absolute Gasteiger partial charge is 0.480 e. The third kappa shape index (κ3) is 16.9. The molecule has 0 aromatic rings. The van der Waals surface area contributed by atoms with Crippen molar-refractivity contribution in [3.05, 3.63) is 0 Å². The Morgan fingerprint density at radius 2 is 1.70 bits per heavy atom. The van der Waals surface area contributed by atoms with Crippen LogP contribution in [0.1, 0.15) is 27.2 Å². The Balaban J connectivity index is 0. The fraction of sp³-hybridized carbons (Fsp3) is 0.688. The quantitative estimate of drug-likeness (QED) is 0.259. The first kappa shape index (κ1) is 26.9. The van der Waals surface area contributed by atoms with E-state index >= 15 is 0 Å². The first-order valence-corrected chi connectivity index (χ1v) is 9.81. The summed E-state index contributed by atoms with van der Waals surface area (Å²) >= 11 is 1.60. The Kier molecular flexibility index (Phi) is 17.1. The van der Waals surface area contributed by atoms with Crippen LogP contribution in [0.4, 0.5) is 0 Å². The van der Waals surface area contributed by atoms with Crippen LogP contribution in [0.3, 0.4) is 0 Å². The van der Waals surface area contributed by atoms with E-state index in [1.165, 1.54) is 0 Å². The minimum Gasteiger partial charge on any atom is -0.480 e.